The minimum atomic E-state index is -3.37. The lowest BCUT2D eigenvalue weighted by Crippen LogP contribution is -2.28. The quantitative estimate of drug-likeness (QED) is 0.523. The summed E-state index contributed by atoms with van der Waals surface area (Å²) in [5, 5.41) is 15.7. The van der Waals surface area contributed by atoms with Crippen molar-refractivity contribution in [1.29, 1.82) is 0 Å². The molecule has 1 fully saturated rings. The van der Waals surface area contributed by atoms with Gasteiger partial charge in [-0.05, 0) is 43.0 Å². The van der Waals surface area contributed by atoms with E-state index in [-0.39, 0.29) is 17.7 Å². The van der Waals surface area contributed by atoms with E-state index in [0.29, 0.717) is 36.3 Å². The summed E-state index contributed by atoms with van der Waals surface area (Å²) in [4.78, 5) is 22.7. The molecule has 0 bridgehead atoms. The van der Waals surface area contributed by atoms with Crippen LogP contribution in [0.2, 0.25) is 0 Å². The average Bonchev–Trinajstić information content (AvgIpc) is 3.53. The molecule has 9 nitrogen and oxygen atoms in total. The summed E-state index contributed by atoms with van der Waals surface area (Å²) in [6.07, 6.45) is -0.223. The Morgan fingerprint density at radius 1 is 1.21 bits per heavy atom. The van der Waals surface area contributed by atoms with Crippen LogP contribution in [-0.2, 0) is 16.4 Å². The smallest absolute Gasteiger partial charge is 0.404 e. The van der Waals surface area contributed by atoms with Gasteiger partial charge in [-0.2, -0.15) is 4.98 Å². The molecular formula is C23H25N5O4S. The molecule has 2 heterocycles. The third-order valence-corrected chi connectivity index (χ3v) is 7.97. The molecule has 3 N–H and O–H groups in total. The highest BCUT2D eigenvalue weighted by atomic mass is 32.2. The van der Waals surface area contributed by atoms with E-state index in [1.54, 1.807) is 12.1 Å². The fourth-order valence-corrected chi connectivity index (χ4v) is 5.77. The highest BCUT2D eigenvalue weighted by Gasteiger charge is 2.38. The third-order valence-electron chi connectivity index (χ3n) is 6.18. The highest BCUT2D eigenvalue weighted by Crippen LogP contribution is 2.32. The first kappa shape index (κ1) is 21.4. The Hall–Kier alpha value is -3.40. The zero-order valence-corrected chi connectivity index (χ0v) is 19.0. The molecule has 2 unspecified atom stereocenters. The van der Waals surface area contributed by atoms with Crippen LogP contribution in [-0.4, -0.2) is 54.5 Å². The molecule has 1 aliphatic carbocycles. The molecule has 5 rings (SSSR count). The van der Waals surface area contributed by atoms with Gasteiger partial charge in [0, 0.05) is 31.1 Å². The van der Waals surface area contributed by atoms with Gasteiger partial charge in [0.05, 0.1) is 16.2 Å². The summed E-state index contributed by atoms with van der Waals surface area (Å²) in [7, 11) is -3.37. The van der Waals surface area contributed by atoms with Crippen molar-refractivity contribution in [3.63, 3.8) is 0 Å². The number of rotatable bonds is 5. The molecule has 172 valence electrons. The Labute approximate surface area is 191 Å². The zero-order chi connectivity index (χ0) is 23.2. The number of benzene rings is 2. The predicted octanol–water partition coefficient (Wildman–Crippen LogP) is 2.80. The Balaban J connectivity index is 1.47. The summed E-state index contributed by atoms with van der Waals surface area (Å²) >= 11 is 0. The fourth-order valence-electron chi connectivity index (χ4n) is 4.28. The van der Waals surface area contributed by atoms with Gasteiger partial charge in [0.1, 0.15) is 5.82 Å². The number of nitrogens with one attached hydrogen (secondary N) is 2. The van der Waals surface area contributed by atoms with E-state index >= 15 is 0 Å². The van der Waals surface area contributed by atoms with Crippen molar-refractivity contribution in [3.05, 3.63) is 53.6 Å². The van der Waals surface area contributed by atoms with Gasteiger partial charge >= 0.3 is 6.09 Å². The molecule has 0 saturated heterocycles. The second-order valence-electron chi connectivity index (χ2n) is 8.67. The monoisotopic (exact) mass is 467 g/mol. The van der Waals surface area contributed by atoms with Gasteiger partial charge in [0.25, 0.3) is 0 Å². The van der Waals surface area contributed by atoms with Crippen molar-refractivity contribution in [1.82, 2.24) is 15.3 Å². The van der Waals surface area contributed by atoms with Crippen molar-refractivity contribution in [2.24, 2.45) is 5.92 Å². The Kier molecular flexibility index (Phi) is 5.32. The number of anilines is 2. The highest BCUT2D eigenvalue weighted by molar-refractivity contribution is 7.91. The summed E-state index contributed by atoms with van der Waals surface area (Å²) in [5.41, 5.74) is 2.58. The van der Waals surface area contributed by atoms with E-state index < -0.39 is 15.9 Å². The molecule has 2 aromatic carbocycles. The number of aryl methyl sites for hydroxylation is 1. The molecule has 0 radical (unpaired) electrons. The second-order valence-corrected chi connectivity index (χ2v) is 10.8. The van der Waals surface area contributed by atoms with Crippen LogP contribution in [0, 0.1) is 12.8 Å². The number of nitrogens with zero attached hydrogens (tertiary/aromatic N) is 3. The van der Waals surface area contributed by atoms with Crippen LogP contribution in [0.15, 0.2) is 47.4 Å². The SMILES string of the molecule is Cc1ccc2nc(N3CCS(=O)(=O)c4ccccc4C3)nc(NCC3CC3NC(=O)O)c2c1. The Morgan fingerprint density at radius 2 is 2.03 bits per heavy atom. The van der Waals surface area contributed by atoms with Gasteiger partial charge < -0.3 is 20.6 Å². The van der Waals surface area contributed by atoms with E-state index in [4.69, 9.17) is 15.1 Å². The minimum Gasteiger partial charge on any atom is -0.465 e. The van der Waals surface area contributed by atoms with Crippen LogP contribution in [0.4, 0.5) is 16.6 Å². The van der Waals surface area contributed by atoms with Crippen LogP contribution in [0.3, 0.4) is 0 Å². The molecule has 2 aliphatic rings. The van der Waals surface area contributed by atoms with Gasteiger partial charge in [-0.25, -0.2) is 18.2 Å². The number of aromatic nitrogens is 2. The van der Waals surface area contributed by atoms with Crippen LogP contribution >= 0.6 is 0 Å². The number of amides is 1. The number of sulfone groups is 1. The number of hydrogen-bond donors (Lipinski definition) is 3. The summed E-state index contributed by atoms with van der Waals surface area (Å²) < 4.78 is 25.5. The summed E-state index contributed by atoms with van der Waals surface area (Å²) in [6, 6.07) is 13.0. The zero-order valence-electron chi connectivity index (χ0n) is 18.2. The van der Waals surface area contributed by atoms with Gasteiger partial charge in [0.15, 0.2) is 9.84 Å². The molecule has 33 heavy (non-hydrogen) atoms. The minimum absolute atomic E-state index is 0.00726. The fraction of sp³-hybridized carbons (Fsp3) is 0.348. The second kappa shape index (κ2) is 8.18. The third kappa shape index (κ3) is 4.43. The van der Waals surface area contributed by atoms with Crippen LogP contribution in [0.25, 0.3) is 10.9 Å². The van der Waals surface area contributed by atoms with Crippen LogP contribution in [0.5, 0.6) is 0 Å². The molecule has 1 saturated carbocycles. The van der Waals surface area contributed by atoms with Crippen molar-refractivity contribution in [2.45, 2.75) is 30.8 Å². The molecule has 1 aliphatic heterocycles. The standard InChI is InChI=1S/C23H25N5O4S/c1-14-6-7-18-17(10-14)21(24-12-16-11-19(16)26-23(29)30)27-22(25-18)28-8-9-33(31,32)20-5-3-2-4-15(20)13-28/h2-7,10,16,19,26H,8-9,11-13H2,1H3,(H,29,30)(H,24,25,27). The first-order valence-electron chi connectivity index (χ1n) is 10.9. The maximum Gasteiger partial charge on any atom is 0.404 e. The Morgan fingerprint density at radius 3 is 2.85 bits per heavy atom. The van der Waals surface area contributed by atoms with Gasteiger partial charge in [-0.3, -0.25) is 0 Å². The molecule has 1 aromatic heterocycles. The van der Waals surface area contributed by atoms with E-state index in [0.717, 1.165) is 28.5 Å². The van der Waals surface area contributed by atoms with Crippen LogP contribution in [0.1, 0.15) is 17.5 Å². The van der Waals surface area contributed by atoms with Gasteiger partial charge in [-0.15, -0.1) is 0 Å². The molecule has 10 heteroatoms. The number of carbonyl (C=O) groups is 1. The van der Waals surface area contributed by atoms with E-state index in [1.807, 2.05) is 42.2 Å². The molecule has 2 atom stereocenters. The van der Waals surface area contributed by atoms with Gasteiger partial charge in [-0.1, -0.05) is 29.8 Å². The number of hydrogen-bond acceptors (Lipinski definition) is 7. The molecule has 3 aromatic rings. The van der Waals surface area contributed by atoms with Crippen molar-refractivity contribution >= 4 is 38.6 Å². The lowest BCUT2D eigenvalue weighted by atomic mass is 10.1. The van der Waals surface area contributed by atoms with Crippen molar-refractivity contribution in [3.8, 4) is 0 Å². The van der Waals surface area contributed by atoms with Crippen molar-refractivity contribution < 1.29 is 18.3 Å². The summed E-state index contributed by atoms with van der Waals surface area (Å²) in [6.45, 7) is 3.28. The lowest BCUT2D eigenvalue weighted by Gasteiger charge is -2.22. The number of fused-ring (bicyclic) bond motifs is 2. The van der Waals surface area contributed by atoms with E-state index in [9.17, 15) is 13.2 Å². The maximum absolute atomic E-state index is 12.8. The van der Waals surface area contributed by atoms with Gasteiger partial charge in [0.2, 0.25) is 5.95 Å². The Bertz CT molecular complexity index is 1340. The average molecular weight is 468 g/mol. The van der Waals surface area contributed by atoms with Crippen molar-refractivity contribution in [2.75, 3.05) is 29.1 Å². The normalized spacial score (nSPS) is 21.2. The molecular weight excluding hydrogens is 442 g/mol. The first-order chi connectivity index (χ1) is 15.8. The molecule has 1 amide bonds. The number of carboxylic acid groups (broad SMARTS) is 1. The predicted molar refractivity (Wildman–Crippen MR) is 125 cm³/mol. The van der Waals surface area contributed by atoms with Crippen LogP contribution < -0.4 is 15.5 Å². The first-order valence-corrected chi connectivity index (χ1v) is 12.5. The maximum atomic E-state index is 12.8. The van der Waals surface area contributed by atoms with E-state index in [1.165, 1.54) is 0 Å². The molecule has 0 spiro atoms. The lowest BCUT2D eigenvalue weighted by molar-refractivity contribution is 0.193. The topological polar surface area (TPSA) is 125 Å². The summed E-state index contributed by atoms with van der Waals surface area (Å²) in [5.74, 6) is 1.33. The largest absolute Gasteiger partial charge is 0.465 e. The van der Waals surface area contributed by atoms with E-state index in [2.05, 4.69) is 10.6 Å².